The highest BCUT2D eigenvalue weighted by molar-refractivity contribution is 5.93. The number of aromatic nitrogens is 3. The predicted molar refractivity (Wildman–Crippen MR) is 108 cm³/mol. The zero-order valence-electron chi connectivity index (χ0n) is 16.0. The maximum atomic E-state index is 14.4. The standard InChI is InChI=1S/C22H19FN4O2/c1-13-9-20-16(11-18(13)23)17(21(27(20)24)14-5-4-8-25-12-14)10-15-6-3-7-19(26-15)22(28)29-2/h3-9,11-12H,10,24H2,1-2H3. The van der Waals surface area contributed by atoms with Crippen LogP contribution in [0.15, 0.2) is 54.9 Å². The van der Waals surface area contributed by atoms with Gasteiger partial charge in [0.25, 0.3) is 0 Å². The number of hydrogen-bond donors (Lipinski definition) is 1. The number of ether oxygens (including phenoxy) is 1. The fourth-order valence-electron chi connectivity index (χ4n) is 3.47. The zero-order valence-corrected chi connectivity index (χ0v) is 16.0. The van der Waals surface area contributed by atoms with E-state index in [0.717, 1.165) is 16.8 Å². The number of carbonyl (C=O) groups excluding carboxylic acids is 1. The molecule has 4 aromatic rings. The zero-order chi connectivity index (χ0) is 20.5. The topological polar surface area (TPSA) is 83.0 Å². The number of nitrogen functional groups attached to an aromatic ring is 1. The first-order valence-electron chi connectivity index (χ1n) is 9.02. The maximum Gasteiger partial charge on any atom is 0.356 e. The molecule has 0 radical (unpaired) electrons. The molecule has 0 aliphatic rings. The second-order valence-electron chi connectivity index (χ2n) is 6.74. The van der Waals surface area contributed by atoms with Crippen molar-refractivity contribution in [1.29, 1.82) is 0 Å². The molecule has 0 aliphatic heterocycles. The van der Waals surface area contributed by atoms with Gasteiger partial charge in [0, 0.05) is 35.5 Å². The van der Waals surface area contributed by atoms with E-state index in [1.165, 1.54) is 13.2 Å². The van der Waals surface area contributed by atoms with Crippen molar-refractivity contribution in [3.8, 4) is 11.3 Å². The van der Waals surface area contributed by atoms with Crippen LogP contribution in [0.25, 0.3) is 22.2 Å². The van der Waals surface area contributed by atoms with Crippen LogP contribution >= 0.6 is 0 Å². The van der Waals surface area contributed by atoms with E-state index in [0.29, 0.717) is 28.6 Å². The normalized spacial score (nSPS) is 11.0. The lowest BCUT2D eigenvalue weighted by molar-refractivity contribution is 0.0593. The summed E-state index contributed by atoms with van der Waals surface area (Å²) in [5.41, 5.74) is 4.42. The van der Waals surface area contributed by atoms with E-state index in [9.17, 15) is 9.18 Å². The molecule has 29 heavy (non-hydrogen) atoms. The van der Waals surface area contributed by atoms with Gasteiger partial charge in [0.1, 0.15) is 11.5 Å². The van der Waals surface area contributed by atoms with Crippen LogP contribution in [0.3, 0.4) is 0 Å². The van der Waals surface area contributed by atoms with Crippen molar-refractivity contribution in [3.63, 3.8) is 0 Å². The Labute approximate surface area is 166 Å². The van der Waals surface area contributed by atoms with Gasteiger partial charge in [0.2, 0.25) is 0 Å². The SMILES string of the molecule is COC(=O)c1cccc(Cc2c(-c3cccnc3)n(N)c3cc(C)c(F)cc23)n1. The number of pyridine rings is 2. The summed E-state index contributed by atoms with van der Waals surface area (Å²) >= 11 is 0. The number of nitrogens with two attached hydrogens (primary N) is 1. The van der Waals surface area contributed by atoms with Gasteiger partial charge in [-0.2, -0.15) is 0 Å². The number of esters is 1. The van der Waals surface area contributed by atoms with Crippen molar-refractivity contribution >= 4 is 16.9 Å². The van der Waals surface area contributed by atoms with Gasteiger partial charge in [0.05, 0.1) is 18.3 Å². The van der Waals surface area contributed by atoms with Crippen LogP contribution in [0.5, 0.6) is 0 Å². The molecule has 0 saturated heterocycles. The van der Waals surface area contributed by atoms with E-state index in [2.05, 4.69) is 9.97 Å². The Morgan fingerprint density at radius 3 is 2.79 bits per heavy atom. The molecule has 0 saturated carbocycles. The summed E-state index contributed by atoms with van der Waals surface area (Å²) in [6.07, 6.45) is 3.75. The molecule has 0 bridgehead atoms. The van der Waals surface area contributed by atoms with Crippen molar-refractivity contribution < 1.29 is 13.9 Å². The van der Waals surface area contributed by atoms with Gasteiger partial charge >= 0.3 is 5.97 Å². The molecular formula is C22H19FN4O2. The van der Waals surface area contributed by atoms with E-state index in [1.807, 2.05) is 18.2 Å². The monoisotopic (exact) mass is 390 g/mol. The molecule has 0 amide bonds. The second-order valence-corrected chi connectivity index (χ2v) is 6.74. The highest BCUT2D eigenvalue weighted by Crippen LogP contribution is 2.34. The predicted octanol–water partition coefficient (Wildman–Crippen LogP) is 3.64. The molecule has 1 aromatic carbocycles. The third-order valence-corrected chi connectivity index (χ3v) is 4.88. The Bertz CT molecular complexity index is 1220. The van der Waals surface area contributed by atoms with E-state index >= 15 is 0 Å². The number of benzene rings is 1. The number of halogens is 1. The Morgan fingerprint density at radius 2 is 2.07 bits per heavy atom. The molecule has 0 spiro atoms. The Hall–Kier alpha value is -3.74. The van der Waals surface area contributed by atoms with Crippen LogP contribution in [0.4, 0.5) is 4.39 Å². The minimum atomic E-state index is -0.512. The number of carbonyl (C=O) groups is 1. The lowest BCUT2D eigenvalue weighted by Crippen LogP contribution is -2.10. The molecular weight excluding hydrogens is 371 g/mol. The van der Waals surface area contributed by atoms with Crippen LogP contribution in [0.2, 0.25) is 0 Å². The van der Waals surface area contributed by atoms with Crippen molar-refractivity contribution in [3.05, 3.63) is 83.2 Å². The molecule has 3 aromatic heterocycles. The summed E-state index contributed by atoms with van der Waals surface area (Å²) in [5, 5.41) is 0.694. The van der Waals surface area contributed by atoms with Crippen LogP contribution in [-0.4, -0.2) is 27.7 Å². The second kappa shape index (κ2) is 7.35. The third-order valence-electron chi connectivity index (χ3n) is 4.88. The number of hydrogen-bond acceptors (Lipinski definition) is 5. The van der Waals surface area contributed by atoms with Crippen molar-refractivity contribution in [1.82, 2.24) is 14.6 Å². The molecule has 0 unspecified atom stereocenters. The smallest absolute Gasteiger partial charge is 0.356 e. The van der Waals surface area contributed by atoms with E-state index in [1.54, 1.807) is 42.2 Å². The van der Waals surface area contributed by atoms with Gasteiger partial charge in [-0.05, 0) is 54.4 Å². The van der Waals surface area contributed by atoms with Gasteiger partial charge in [-0.1, -0.05) is 6.07 Å². The van der Waals surface area contributed by atoms with Gasteiger partial charge in [-0.25, -0.2) is 14.2 Å². The minimum Gasteiger partial charge on any atom is -0.464 e. The molecule has 0 fully saturated rings. The van der Waals surface area contributed by atoms with Gasteiger partial charge < -0.3 is 10.6 Å². The summed E-state index contributed by atoms with van der Waals surface area (Å²) in [7, 11) is 1.31. The molecule has 7 heteroatoms. The summed E-state index contributed by atoms with van der Waals surface area (Å²) < 4.78 is 20.7. The van der Waals surface area contributed by atoms with Crippen LogP contribution < -0.4 is 5.84 Å². The molecule has 0 atom stereocenters. The molecule has 6 nitrogen and oxygen atoms in total. The largest absolute Gasteiger partial charge is 0.464 e. The van der Waals surface area contributed by atoms with E-state index in [-0.39, 0.29) is 11.5 Å². The first kappa shape index (κ1) is 18.6. The fourth-order valence-corrected chi connectivity index (χ4v) is 3.47. The first-order valence-corrected chi connectivity index (χ1v) is 9.02. The summed E-state index contributed by atoms with van der Waals surface area (Å²) in [6.45, 7) is 1.70. The highest BCUT2D eigenvalue weighted by Gasteiger charge is 2.20. The van der Waals surface area contributed by atoms with Gasteiger partial charge in [-0.3, -0.25) is 9.66 Å². The van der Waals surface area contributed by atoms with Crippen LogP contribution in [0, 0.1) is 12.7 Å². The molecule has 146 valence electrons. The van der Waals surface area contributed by atoms with Crippen molar-refractivity contribution in [2.24, 2.45) is 0 Å². The average molecular weight is 390 g/mol. The number of aryl methyl sites for hydroxylation is 1. The molecule has 4 rings (SSSR count). The quantitative estimate of drug-likeness (QED) is 0.425. The van der Waals surface area contributed by atoms with Gasteiger partial charge in [0.15, 0.2) is 0 Å². The number of rotatable bonds is 4. The molecule has 2 N–H and O–H groups in total. The first-order chi connectivity index (χ1) is 14.0. The lowest BCUT2D eigenvalue weighted by Gasteiger charge is -2.08. The van der Waals surface area contributed by atoms with Crippen molar-refractivity contribution in [2.45, 2.75) is 13.3 Å². The van der Waals surface area contributed by atoms with E-state index in [4.69, 9.17) is 10.6 Å². The van der Waals surface area contributed by atoms with Crippen LogP contribution in [-0.2, 0) is 11.2 Å². The van der Waals surface area contributed by atoms with Crippen LogP contribution in [0.1, 0.15) is 27.3 Å². The average Bonchev–Trinajstić information content (AvgIpc) is 2.99. The van der Waals surface area contributed by atoms with Gasteiger partial charge in [-0.15, -0.1) is 0 Å². The Balaban J connectivity index is 1.93. The van der Waals surface area contributed by atoms with Crippen molar-refractivity contribution in [2.75, 3.05) is 13.0 Å². The summed E-state index contributed by atoms with van der Waals surface area (Å²) in [5.74, 6) is 5.60. The molecule has 3 heterocycles. The summed E-state index contributed by atoms with van der Waals surface area (Å²) in [4.78, 5) is 20.4. The number of nitrogens with zero attached hydrogens (tertiary/aromatic N) is 3. The number of fused-ring (bicyclic) bond motifs is 1. The van der Waals surface area contributed by atoms with E-state index < -0.39 is 5.97 Å². The summed E-state index contributed by atoms with van der Waals surface area (Å²) in [6, 6.07) is 12.1. The molecule has 0 aliphatic carbocycles. The fraction of sp³-hybridized carbons (Fsp3) is 0.136. The Kier molecular flexibility index (Phi) is 4.72. The Morgan fingerprint density at radius 1 is 1.24 bits per heavy atom. The lowest BCUT2D eigenvalue weighted by atomic mass is 10.0. The number of methoxy groups -OCH3 is 1. The minimum absolute atomic E-state index is 0.214. The maximum absolute atomic E-state index is 14.4. The third kappa shape index (κ3) is 3.31. The highest BCUT2D eigenvalue weighted by atomic mass is 19.1.